The zero-order valence-corrected chi connectivity index (χ0v) is 17.3. The number of methoxy groups -OCH3 is 2. The molecule has 7 heteroatoms. The first-order valence-corrected chi connectivity index (χ1v) is 8.99. The van der Waals surface area contributed by atoms with Crippen LogP contribution in [-0.4, -0.2) is 38.9 Å². The van der Waals surface area contributed by atoms with E-state index in [4.69, 9.17) is 14.2 Å². The average Bonchev–Trinajstić information content (AvgIpc) is 2.77. The fraction of sp³-hybridized carbons (Fsp3) is 0.304. The maximum absolute atomic E-state index is 12.9. The van der Waals surface area contributed by atoms with Crippen molar-refractivity contribution in [3.63, 3.8) is 0 Å². The maximum Gasteiger partial charge on any atom is 0.339 e. The number of hydrogen-bond donors (Lipinski definition) is 0. The van der Waals surface area contributed by atoms with E-state index in [1.165, 1.54) is 12.2 Å². The SMILES string of the molecule is C=CCOC(C(=O)OC)/C(C(=O)OC)=C(/c1ccc(C)cc1)C(C#N)(C#N)CC=C. The molecule has 0 fully saturated rings. The van der Waals surface area contributed by atoms with E-state index in [1.54, 1.807) is 24.3 Å². The number of carbonyl (C=O) groups excluding carboxylic acids is 2. The summed E-state index contributed by atoms with van der Waals surface area (Å²) >= 11 is 0. The van der Waals surface area contributed by atoms with Gasteiger partial charge in [-0.05, 0) is 12.5 Å². The van der Waals surface area contributed by atoms with Gasteiger partial charge >= 0.3 is 11.9 Å². The van der Waals surface area contributed by atoms with Gasteiger partial charge in [-0.15, -0.1) is 13.2 Å². The van der Waals surface area contributed by atoms with Gasteiger partial charge in [0.05, 0.1) is 38.5 Å². The quantitative estimate of drug-likeness (QED) is 0.332. The summed E-state index contributed by atoms with van der Waals surface area (Å²) in [7, 11) is 2.27. The molecule has 0 N–H and O–H groups in total. The lowest BCUT2D eigenvalue weighted by atomic mass is 9.73. The van der Waals surface area contributed by atoms with Gasteiger partial charge in [-0.2, -0.15) is 10.5 Å². The van der Waals surface area contributed by atoms with Gasteiger partial charge in [-0.3, -0.25) is 0 Å². The summed E-state index contributed by atoms with van der Waals surface area (Å²) in [6, 6.07) is 10.8. The molecular formula is C23H24N2O5. The molecule has 30 heavy (non-hydrogen) atoms. The van der Waals surface area contributed by atoms with Gasteiger partial charge in [-0.25, -0.2) is 9.59 Å². The minimum atomic E-state index is -1.83. The number of rotatable bonds is 10. The number of carbonyl (C=O) groups is 2. The van der Waals surface area contributed by atoms with E-state index >= 15 is 0 Å². The topological polar surface area (TPSA) is 109 Å². The van der Waals surface area contributed by atoms with Crippen molar-refractivity contribution in [2.45, 2.75) is 19.4 Å². The first-order chi connectivity index (χ1) is 14.3. The Kier molecular flexibility index (Phi) is 9.22. The van der Waals surface area contributed by atoms with Gasteiger partial charge in [-0.1, -0.05) is 42.0 Å². The smallest absolute Gasteiger partial charge is 0.339 e. The van der Waals surface area contributed by atoms with Crippen molar-refractivity contribution in [2.24, 2.45) is 5.41 Å². The standard InChI is InChI=1S/C23H24N2O5/c1-6-12-23(14-24,15-25)19(17-10-8-16(3)9-11-17)18(21(26)28-4)20(22(27)29-5)30-13-7-2/h6-11,20H,1-2,12-13H2,3-5H3/b19-18+. The average molecular weight is 408 g/mol. The fourth-order valence-electron chi connectivity index (χ4n) is 2.89. The van der Waals surface area contributed by atoms with E-state index in [1.807, 2.05) is 19.1 Å². The molecule has 0 spiro atoms. The number of benzene rings is 1. The second-order valence-electron chi connectivity index (χ2n) is 6.29. The third kappa shape index (κ3) is 5.22. The van der Waals surface area contributed by atoms with Crippen molar-refractivity contribution >= 4 is 17.5 Å². The first-order valence-electron chi connectivity index (χ1n) is 8.99. The molecule has 0 radical (unpaired) electrons. The Morgan fingerprint density at radius 3 is 2.13 bits per heavy atom. The summed E-state index contributed by atoms with van der Waals surface area (Å²) in [5, 5.41) is 19.9. The lowest BCUT2D eigenvalue weighted by Gasteiger charge is -2.27. The van der Waals surface area contributed by atoms with Crippen LogP contribution in [0.3, 0.4) is 0 Å². The number of esters is 2. The van der Waals surface area contributed by atoms with Gasteiger partial charge < -0.3 is 14.2 Å². The van der Waals surface area contributed by atoms with Crippen molar-refractivity contribution in [2.75, 3.05) is 20.8 Å². The lowest BCUT2D eigenvalue weighted by molar-refractivity contribution is -0.154. The highest BCUT2D eigenvalue weighted by Crippen LogP contribution is 2.42. The number of ether oxygens (including phenoxy) is 3. The predicted molar refractivity (Wildman–Crippen MR) is 111 cm³/mol. The molecule has 1 rings (SSSR count). The summed E-state index contributed by atoms with van der Waals surface area (Å²) < 4.78 is 15.2. The van der Waals surface area contributed by atoms with Gasteiger partial charge in [0.1, 0.15) is 0 Å². The summed E-state index contributed by atoms with van der Waals surface area (Å²) in [5.41, 5.74) is -0.807. The van der Waals surface area contributed by atoms with Crippen molar-refractivity contribution in [3.8, 4) is 12.1 Å². The molecule has 0 bridgehead atoms. The van der Waals surface area contributed by atoms with E-state index in [0.717, 1.165) is 19.8 Å². The van der Waals surface area contributed by atoms with E-state index in [9.17, 15) is 20.1 Å². The highest BCUT2D eigenvalue weighted by Gasteiger charge is 2.43. The molecule has 0 aliphatic carbocycles. The van der Waals surface area contributed by atoms with E-state index in [0.29, 0.717) is 5.56 Å². The number of aryl methyl sites for hydroxylation is 1. The van der Waals surface area contributed by atoms with Crippen LogP contribution in [0.25, 0.3) is 5.57 Å². The Labute approximate surface area is 176 Å². The largest absolute Gasteiger partial charge is 0.467 e. The maximum atomic E-state index is 12.9. The fourth-order valence-corrected chi connectivity index (χ4v) is 2.89. The minimum Gasteiger partial charge on any atom is -0.467 e. The van der Waals surface area contributed by atoms with E-state index < -0.39 is 23.5 Å². The Morgan fingerprint density at radius 1 is 1.10 bits per heavy atom. The molecule has 0 amide bonds. The van der Waals surface area contributed by atoms with E-state index in [-0.39, 0.29) is 24.2 Å². The second-order valence-corrected chi connectivity index (χ2v) is 6.29. The summed E-state index contributed by atoms with van der Waals surface area (Å²) in [6.07, 6.45) is 1.15. The number of nitriles is 2. The van der Waals surface area contributed by atoms with E-state index in [2.05, 4.69) is 13.2 Å². The van der Waals surface area contributed by atoms with Crippen LogP contribution in [-0.2, 0) is 23.8 Å². The van der Waals surface area contributed by atoms with Crippen molar-refractivity contribution in [3.05, 3.63) is 66.3 Å². The number of hydrogen-bond acceptors (Lipinski definition) is 7. The zero-order chi connectivity index (χ0) is 22.7. The highest BCUT2D eigenvalue weighted by atomic mass is 16.6. The highest BCUT2D eigenvalue weighted by molar-refractivity contribution is 6.06. The van der Waals surface area contributed by atoms with Crippen LogP contribution in [0, 0.1) is 35.0 Å². The molecule has 156 valence electrons. The second kappa shape index (κ2) is 11.4. The molecule has 1 aromatic rings. The number of nitrogens with zero attached hydrogens (tertiary/aromatic N) is 2. The molecule has 1 aromatic carbocycles. The molecule has 0 aliphatic rings. The summed E-state index contributed by atoms with van der Waals surface area (Å²) in [4.78, 5) is 25.4. The van der Waals surface area contributed by atoms with Gasteiger partial charge in [0, 0.05) is 12.0 Å². The van der Waals surface area contributed by atoms with Crippen LogP contribution < -0.4 is 0 Å². The van der Waals surface area contributed by atoms with Gasteiger partial charge in [0.2, 0.25) is 0 Å². The third-order valence-corrected chi connectivity index (χ3v) is 4.33. The molecule has 0 aromatic heterocycles. The lowest BCUT2D eigenvalue weighted by Crippen LogP contribution is -2.35. The first kappa shape index (κ1) is 24.4. The molecule has 0 saturated heterocycles. The molecule has 0 aliphatic heterocycles. The van der Waals surface area contributed by atoms with Crippen molar-refractivity contribution in [1.29, 1.82) is 10.5 Å². The molecular weight excluding hydrogens is 384 g/mol. The predicted octanol–water partition coefficient (Wildman–Crippen LogP) is 3.28. The zero-order valence-electron chi connectivity index (χ0n) is 17.3. The normalized spacial score (nSPS) is 12.4. The van der Waals surface area contributed by atoms with Crippen molar-refractivity contribution in [1.82, 2.24) is 0 Å². The Balaban J connectivity index is 4.12. The molecule has 1 atom stereocenters. The Bertz CT molecular complexity index is 902. The summed E-state index contributed by atoms with van der Waals surface area (Å²) in [5.74, 6) is -1.81. The monoisotopic (exact) mass is 408 g/mol. The molecule has 7 nitrogen and oxygen atoms in total. The molecule has 1 unspecified atom stereocenters. The third-order valence-electron chi connectivity index (χ3n) is 4.33. The van der Waals surface area contributed by atoms with Crippen LogP contribution in [0.2, 0.25) is 0 Å². The Morgan fingerprint density at radius 2 is 1.70 bits per heavy atom. The van der Waals surface area contributed by atoms with Crippen LogP contribution in [0.4, 0.5) is 0 Å². The van der Waals surface area contributed by atoms with Crippen LogP contribution >= 0.6 is 0 Å². The minimum absolute atomic E-state index is 0.00119. The van der Waals surface area contributed by atoms with Gasteiger partial charge in [0.25, 0.3) is 0 Å². The van der Waals surface area contributed by atoms with Crippen LogP contribution in [0.5, 0.6) is 0 Å². The Hall–Kier alpha value is -3.68. The molecule has 0 saturated carbocycles. The number of allylic oxidation sites excluding steroid dienone is 2. The van der Waals surface area contributed by atoms with Crippen molar-refractivity contribution < 1.29 is 23.8 Å². The van der Waals surface area contributed by atoms with Crippen LogP contribution in [0.15, 0.2) is 55.1 Å². The molecule has 0 heterocycles. The summed E-state index contributed by atoms with van der Waals surface area (Å²) in [6.45, 7) is 8.94. The van der Waals surface area contributed by atoms with Crippen LogP contribution in [0.1, 0.15) is 17.5 Å². The van der Waals surface area contributed by atoms with Gasteiger partial charge in [0.15, 0.2) is 11.5 Å².